The van der Waals surface area contributed by atoms with E-state index in [-0.39, 0.29) is 5.91 Å². The van der Waals surface area contributed by atoms with Gasteiger partial charge >= 0.3 is 0 Å². The average molecular weight is 277 g/mol. The third-order valence-electron chi connectivity index (χ3n) is 3.33. The van der Waals surface area contributed by atoms with Crippen LogP contribution in [0.1, 0.15) is 10.5 Å². The van der Waals surface area contributed by atoms with Gasteiger partial charge in [0.05, 0.1) is 22.7 Å². The van der Waals surface area contributed by atoms with Gasteiger partial charge in [0.2, 0.25) is 0 Å². The summed E-state index contributed by atoms with van der Waals surface area (Å²) in [5.74, 6) is -0.202. The van der Waals surface area contributed by atoms with Gasteiger partial charge in [0.25, 0.3) is 5.91 Å². The van der Waals surface area contributed by atoms with Crippen molar-refractivity contribution in [3.63, 3.8) is 0 Å². The first-order valence-electron chi connectivity index (χ1n) is 6.48. The molecule has 4 rings (SSSR count). The summed E-state index contributed by atoms with van der Waals surface area (Å²) in [6, 6.07) is 11.0. The number of pyridine rings is 1. The lowest BCUT2D eigenvalue weighted by molar-refractivity contribution is 0.102. The molecule has 4 aromatic rings. The zero-order valence-corrected chi connectivity index (χ0v) is 10.9. The minimum atomic E-state index is -0.202. The fraction of sp³-hybridized carbons (Fsp3) is 0. The van der Waals surface area contributed by atoms with Crippen LogP contribution in [0.25, 0.3) is 21.9 Å². The molecular formula is C15H11N5O. The molecule has 0 saturated heterocycles. The first-order chi connectivity index (χ1) is 10.3. The SMILES string of the molecule is O=C(Nc1ccc2cn[nH]c2c1)c1cc2ncccc2[nH]1. The summed E-state index contributed by atoms with van der Waals surface area (Å²) >= 11 is 0. The quantitative estimate of drug-likeness (QED) is 0.526. The predicted molar refractivity (Wildman–Crippen MR) is 80.1 cm³/mol. The van der Waals surface area contributed by atoms with Crippen molar-refractivity contribution in [1.29, 1.82) is 0 Å². The Bertz CT molecular complexity index is 920. The van der Waals surface area contributed by atoms with Gasteiger partial charge in [-0.05, 0) is 36.4 Å². The molecule has 3 heterocycles. The molecule has 0 fully saturated rings. The summed E-state index contributed by atoms with van der Waals surface area (Å²) in [4.78, 5) is 19.5. The number of amides is 1. The molecule has 0 bridgehead atoms. The minimum Gasteiger partial charge on any atom is -0.349 e. The van der Waals surface area contributed by atoms with Gasteiger partial charge in [-0.1, -0.05) is 0 Å². The molecule has 0 aliphatic carbocycles. The van der Waals surface area contributed by atoms with Crippen LogP contribution in [-0.4, -0.2) is 26.1 Å². The Morgan fingerprint density at radius 1 is 1.14 bits per heavy atom. The normalized spacial score (nSPS) is 11.0. The number of carbonyl (C=O) groups excluding carboxylic acids is 1. The highest BCUT2D eigenvalue weighted by Gasteiger charge is 2.10. The van der Waals surface area contributed by atoms with E-state index in [2.05, 4.69) is 25.5 Å². The van der Waals surface area contributed by atoms with Crippen molar-refractivity contribution in [3.05, 3.63) is 54.5 Å². The maximum atomic E-state index is 12.3. The van der Waals surface area contributed by atoms with Crippen molar-refractivity contribution < 1.29 is 4.79 Å². The van der Waals surface area contributed by atoms with Crippen LogP contribution in [0, 0.1) is 0 Å². The third-order valence-corrected chi connectivity index (χ3v) is 3.33. The second-order valence-corrected chi connectivity index (χ2v) is 4.75. The van der Waals surface area contributed by atoms with Gasteiger partial charge in [-0.3, -0.25) is 14.9 Å². The summed E-state index contributed by atoms with van der Waals surface area (Å²) in [5.41, 5.74) is 3.68. The highest BCUT2D eigenvalue weighted by Crippen LogP contribution is 2.18. The molecule has 0 atom stereocenters. The number of fused-ring (bicyclic) bond motifs is 2. The number of hydrogen-bond donors (Lipinski definition) is 3. The number of anilines is 1. The lowest BCUT2D eigenvalue weighted by atomic mass is 10.2. The van der Waals surface area contributed by atoms with E-state index < -0.39 is 0 Å². The Balaban J connectivity index is 1.64. The predicted octanol–water partition coefficient (Wildman–Crippen LogP) is 2.69. The van der Waals surface area contributed by atoms with Crippen LogP contribution in [0.2, 0.25) is 0 Å². The average Bonchev–Trinajstić information content (AvgIpc) is 3.13. The molecule has 0 aliphatic heterocycles. The maximum Gasteiger partial charge on any atom is 0.272 e. The Morgan fingerprint density at radius 3 is 3.00 bits per heavy atom. The minimum absolute atomic E-state index is 0.202. The molecule has 1 amide bonds. The molecule has 102 valence electrons. The van der Waals surface area contributed by atoms with Gasteiger partial charge in [0.1, 0.15) is 5.69 Å². The lowest BCUT2D eigenvalue weighted by Gasteiger charge is -2.03. The number of aromatic amines is 2. The molecule has 6 nitrogen and oxygen atoms in total. The number of nitrogens with one attached hydrogen (secondary N) is 3. The van der Waals surface area contributed by atoms with Crippen LogP contribution < -0.4 is 5.32 Å². The highest BCUT2D eigenvalue weighted by atomic mass is 16.1. The summed E-state index contributed by atoms with van der Waals surface area (Å²) in [6.45, 7) is 0. The van der Waals surface area contributed by atoms with E-state index in [9.17, 15) is 4.79 Å². The molecule has 0 radical (unpaired) electrons. The molecule has 6 heteroatoms. The van der Waals surface area contributed by atoms with Crippen molar-refractivity contribution >= 4 is 33.5 Å². The van der Waals surface area contributed by atoms with Crippen LogP contribution in [0.4, 0.5) is 5.69 Å². The van der Waals surface area contributed by atoms with Crippen molar-refractivity contribution in [1.82, 2.24) is 20.2 Å². The standard InChI is InChI=1S/C15H11N5O/c21-15(14-7-13-11(19-14)2-1-5-16-13)18-10-4-3-9-8-17-20-12(9)6-10/h1-8,19H,(H,17,20)(H,18,21). The molecule has 0 aliphatic rings. The Labute approximate surface area is 119 Å². The number of H-pyrrole nitrogens is 2. The zero-order valence-electron chi connectivity index (χ0n) is 10.9. The monoisotopic (exact) mass is 277 g/mol. The molecule has 3 aromatic heterocycles. The molecule has 1 aromatic carbocycles. The van der Waals surface area contributed by atoms with Gasteiger partial charge in [-0.25, -0.2) is 0 Å². The topological polar surface area (TPSA) is 86.5 Å². The van der Waals surface area contributed by atoms with Crippen LogP contribution in [0.15, 0.2) is 48.8 Å². The van der Waals surface area contributed by atoms with Gasteiger partial charge in [0.15, 0.2) is 0 Å². The maximum absolute atomic E-state index is 12.3. The molecular weight excluding hydrogens is 266 g/mol. The molecule has 21 heavy (non-hydrogen) atoms. The van der Waals surface area contributed by atoms with E-state index in [1.165, 1.54) is 0 Å². The summed E-state index contributed by atoms with van der Waals surface area (Å²) in [6.07, 6.45) is 3.44. The van der Waals surface area contributed by atoms with Crippen LogP contribution >= 0.6 is 0 Å². The number of aromatic nitrogens is 4. The van der Waals surface area contributed by atoms with Gasteiger partial charge in [0, 0.05) is 17.3 Å². The highest BCUT2D eigenvalue weighted by molar-refractivity contribution is 6.06. The Morgan fingerprint density at radius 2 is 2.10 bits per heavy atom. The fourth-order valence-corrected chi connectivity index (χ4v) is 2.29. The van der Waals surface area contributed by atoms with E-state index in [1.54, 1.807) is 18.5 Å². The Kier molecular flexibility index (Phi) is 2.47. The van der Waals surface area contributed by atoms with Crippen molar-refractivity contribution in [2.24, 2.45) is 0 Å². The lowest BCUT2D eigenvalue weighted by Crippen LogP contribution is -2.12. The third kappa shape index (κ3) is 2.02. The van der Waals surface area contributed by atoms with Crippen LogP contribution in [0.5, 0.6) is 0 Å². The fourth-order valence-electron chi connectivity index (χ4n) is 2.29. The molecule has 0 saturated carbocycles. The zero-order chi connectivity index (χ0) is 14.2. The second-order valence-electron chi connectivity index (χ2n) is 4.75. The molecule has 3 N–H and O–H groups in total. The number of benzene rings is 1. The van der Waals surface area contributed by atoms with E-state index in [0.717, 1.165) is 21.9 Å². The van der Waals surface area contributed by atoms with Gasteiger partial charge < -0.3 is 10.3 Å². The summed E-state index contributed by atoms with van der Waals surface area (Å²) in [7, 11) is 0. The first kappa shape index (κ1) is 11.7. The Hall–Kier alpha value is -3.15. The molecule has 0 unspecified atom stereocenters. The van der Waals surface area contributed by atoms with Gasteiger partial charge in [-0.15, -0.1) is 0 Å². The summed E-state index contributed by atoms with van der Waals surface area (Å²) < 4.78 is 0. The van der Waals surface area contributed by atoms with Gasteiger partial charge in [-0.2, -0.15) is 5.10 Å². The van der Waals surface area contributed by atoms with Crippen molar-refractivity contribution in [2.75, 3.05) is 5.32 Å². The summed E-state index contributed by atoms with van der Waals surface area (Å²) in [5, 5.41) is 10.7. The molecule has 0 spiro atoms. The number of carbonyl (C=O) groups is 1. The van der Waals surface area contributed by atoms with Crippen molar-refractivity contribution in [3.8, 4) is 0 Å². The van der Waals surface area contributed by atoms with Crippen LogP contribution in [-0.2, 0) is 0 Å². The number of nitrogens with zero attached hydrogens (tertiary/aromatic N) is 2. The van der Waals surface area contributed by atoms with E-state index in [4.69, 9.17) is 0 Å². The largest absolute Gasteiger partial charge is 0.349 e. The number of hydrogen-bond acceptors (Lipinski definition) is 3. The number of rotatable bonds is 2. The van der Waals surface area contributed by atoms with E-state index >= 15 is 0 Å². The van der Waals surface area contributed by atoms with E-state index in [0.29, 0.717) is 11.4 Å². The van der Waals surface area contributed by atoms with Crippen molar-refractivity contribution in [2.45, 2.75) is 0 Å². The van der Waals surface area contributed by atoms with Crippen LogP contribution in [0.3, 0.4) is 0 Å². The first-order valence-corrected chi connectivity index (χ1v) is 6.48. The smallest absolute Gasteiger partial charge is 0.272 e. The van der Waals surface area contributed by atoms with E-state index in [1.807, 2.05) is 30.3 Å². The second kappa shape index (κ2) is 4.45.